The van der Waals surface area contributed by atoms with Gasteiger partial charge in [-0.15, -0.1) is 0 Å². The standard InChI is InChI=1S/C11H16FNO2S/c1-15-6-3-7-16(14)8-9-10(12)4-2-5-11(9)13/h2,4-5H,3,6-8,13H2,1H3. The van der Waals surface area contributed by atoms with Crippen LogP contribution in [0.1, 0.15) is 12.0 Å². The number of ether oxygens (including phenoxy) is 1. The van der Waals surface area contributed by atoms with Crippen molar-refractivity contribution >= 4 is 16.5 Å². The van der Waals surface area contributed by atoms with E-state index in [1.165, 1.54) is 6.07 Å². The first kappa shape index (κ1) is 13.1. The molecule has 0 saturated heterocycles. The van der Waals surface area contributed by atoms with Gasteiger partial charge in [0.2, 0.25) is 0 Å². The average Bonchev–Trinajstić information content (AvgIpc) is 2.24. The molecule has 1 aromatic rings. The molecule has 1 unspecified atom stereocenters. The van der Waals surface area contributed by atoms with E-state index in [-0.39, 0.29) is 11.6 Å². The van der Waals surface area contributed by atoms with E-state index in [4.69, 9.17) is 10.5 Å². The number of nitrogens with two attached hydrogens (primary N) is 1. The van der Waals surface area contributed by atoms with E-state index < -0.39 is 10.8 Å². The summed E-state index contributed by atoms with van der Waals surface area (Å²) in [7, 11) is 0.502. The molecule has 0 aliphatic heterocycles. The Hall–Kier alpha value is -0.940. The van der Waals surface area contributed by atoms with E-state index in [1.807, 2.05) is 0 Å². The topological polar surface area (TPSA) is 52.3 Å². The third-order valence-corrected chi connectivity index (χ3v) is 3.54. The molecule has 0 amide bonds. The Morgan fingerprint density at radius 1 is 1.50 bits per heavy atom. The minimum atomic E-state index is -1.09. The van der Waals surface area contributed by atoms with E-state index >= 15 is 0 Å². The van der Waals surface area contributed by atoms with Gasteiger partial charge in [-0.3, -0.25) is 4.21 Å². The second-order valence-electron chi connectivity index (χ2n) is 3.44. The zero-order chi connectivity index (χ0) is 12.0. The summed E-state index contributed by atoms with van der Waals surface area (Å²) >= 11 is 0. The van der Waals surface area contributed by atoms with Crippen molar-refractivity contribution in [3.63, 3.8) is 0 Å². The molecule has 1 aromatic carbocycles. The quantitative estimate of drug-likeness (QED) is 0.613. The summed E-state index contributed by atoms with van der Waals surface area (Å²) in [5.74, 6) is 0.282. The molecule has 0 bridgehead atoms. The molecule has 3 nitrogen and oxygen atoms in total. The van der Waals surface area contributed by atoms with Crippen molar-refractivity contribution in [3.8, 4) is 0 Å². The van der Waals surface area contributed by atoms with Gasteiger partial charge >= 0.3 is 0 Å². The largest absolute Gasteiger partial charge is 0.398 e. The number of nitrogen functional groups attached to an aromatic ring is 1. The van der Waals surface area contributed by atoms with Crippen LogP contribution in [-0.4, -0.2) is 23.7 Å². The number of anilines is 1. The number of benzene rings is 1. The normalized spacial score (nSPS) is 12.6. The average molecular weight is 245 g/mol. The van der Waals surface area contributed by atoms with Crippen LogP contribution in [0.5, 0.6) is 0 Å². The van der Waals surface area contributed by atoms with Gasteiger partial charge in [0.1, 0.15) is 5.82 Å². The molecule has 0 aliphatic carbocycles. The van der Waals surface area contributed by atoms with Gasteiger partial charge < -0.3 is 10.5 Å². The molecule has 90 valence electrons. The molecule has 2 N–H and O–H groups in total. The van der Waals surface area contributed by atoms with Gasteiger partial charge in [-0.1, -0.05) is 6.07 Å². The second kappa shape index (κ2) is 6.60. The summed E-state index contributed by atoms with van der Waals surface area (Å²) in [6.45, 7) is 0.568. The highest BCUT2D eigenvalue weighted by atomic mass is 32.2. The van der Waals surface area contributed by atoms with Crippen molar-refractivity contribution in [1.82, 2.24) is 0 Å². The molecule has 0 heterocycles. The zero-order valence-corrected chi connectivity index (χ0v) is 10.1. The molecule has 0 aromatic heterocycles. The maximum Gasteiger partial charge on any atom is 0.129 e. The van der Waals surface area contributed by atoms with Crippen molar-refractivity contribution < 1.29 is 13.3 Å². The summed E-state index contributed by atoms with van der Waals surface area (Å²) in [6, 6.07) is 4.49. The van der Waals surface area contributed by atoms with Gasteiger partial charge in [-0.2, -0.15) is 0 Å². The third-order valence-electron chi connectivity index (χ3n) is 2.18. The van der Waals surface area contributed by atoms with Crippen LogP contribution < -0.4 is 5.73 Å². The van der Waals surface area contributed by atoms with Crippen LogP contribution in [0.15, 0.2) is 18.2 Å². The van der Waals surface area contributed by atoms with E-state index in [1.54, 1.807) is 19.2 Å². The Balaban J connectivity index is 2.56. The molecule has 5 heteroatoms. The summed E-state index contributed by atoms with van der Waals surface area (Å²) in [5.41, 5.74) is 6.33. The molecular formula is C11H16FNO2S. The SMILES string of the molecule is COCCCS(=O)Cc1c(N)cccc1F. The number of rotatable bonds is 6. The van der Waals surface area contributed by atoms with E-state index in [0.717, 1.165) is 0 Å². The lowest BCUT2D eigenvalue weighted by molar-refractivity contribution is 0.200. The monoisotopic (exact) mass is 245 g/mol. The van der Waals surface area contributed by atoms with Crippen molar-refractivity contribution in [3.05, 3.63) is 29.6 Å². The van der Waals surface area contributed by atoms with E-state index in [9.17, 15) is 8.60 Å². The Kier molecular flexibility index (Phi) is 5.42. The van der Waals surface area contributed by atoms with Crippen LogP contribution in [0.25, 0.3) is 0 Å². The fourth-order valence-electron chi connectivity index (χ4n) is 1.33. The van der Waals surface area contributed by atoms with Crippen LogP contribution in [0.3, 0.4) is 0 Å². The van der Waals surface area contributed by atoms with Crippen LogP contribution in [-0.2, 0) is 21.3 Å². The first-order chi connectivity index (χ1) is 7.65. The number of hydrogen-bond acceptors (Lipinski definition) is 3. The molecule has 0 saturated carbocycles. The summed E-state index contributed by atoms with van der Waals surface area (Å²) in [5, 5.41) is 0. The molecular weight excluding hydrogens is 229 g/mol. The molecule has 0 spiro atoms. The third kappa shape index (κ3) is 3.90. The second-order valence-corrected chi connectivity index (χ2v) is 5.02. The van der Waals surface area contributed by atoms with Crippen molar-refractivity contribution in [2.24, 2.45) is 0 Å². The van der Waals surface area contributed by atoms with Crippen LogP contribution >= 0.6 is 0 Å². The van der Waals surface area contributed by atoms with Gasteiger partial charge in [0.25, 0.3) is 0 Å². The maximum atomic E-state index is 13.4. The number of hydrogen-bond donors (Lipinski definition) is 1. The fraction of sp³-hybridized carbons (Fsp3) is 0.455. The first-order valence-corrected chi connectivity index (χ1v) is 6.50. The van der Waals surface area contributed by atoms with E-state index in [2.05, 4.69) is 0 Å². The highest BCUT2D eigenvalue weighted by molar-refractivity contribution is 7.84. The van der Waals surface area contributed by atoms with Crippen LogP contribution in [0.2, 0.25) is 0 Å². The Morgan fingerprint density at radius 2 is 2.25 bits per heavy atom. The lowest BCUT2D eigenvalue weighted by atomic mass is 10.2. The summed E-state index contributed by atoms with van der Waals surface area (Å²) in [4.78, 5) is 0. The maximum absolute atomic E-state index is 13.4. The molecule has 1 rings (SSSR count). The van der Waals surface area contributed by atoms with Gasteiger partial charge in [-0.05, 0) is 18.6 Å². The van der Waals surface area contributed by atoms with Gasteiger partial charge in [0, 0.05) is 41.5 Å². The van der Waals surface area contributed by atoms with Crippen LogP contribution in [0, 0.1) is 5.82 Å². The Bertz CT molecular complexity index is 351. The predicted octanol–water partition coefficient (Wildman–Crippen LogP) is 1.69. The minimum Gasteiger partial charge on any atom is -0.398 e. The molecule has 1 atom stereocenters. The van der Waals surface area contributed by atoms with Gasteiger partial charge in [0.15, 0.2) is 0 Å². The van der Waals surface area contributed by atoms with Gasteiger partial charge in [-0.25, -0.2) is 4.39 Å². The predicted molar refractivity (Wildman–Crippen MR) is 64.0 cm³/mol. The zero-order valence-electron chi connectivity index (χ0n) is 9.24. The molecule has 0 fully saturated rings. The summed E-state index contributed by atoms with van der Waals surface area (Å²) in [6.07, 6.45) is 0.706. The summed E-state index contributed by atoms with van der Waals surface area (Å²) < 4.78 is 29.8. The highest BCUT2D eigenvalue weighted by Crippen LogP contribution is 2.17. The number of methoxy groups -OCH3 is 1. The minimum absolute atomic E-state index is 0.169. The lowest BCUT2D eigenvalue weighted by Crippen LogP contribution is -2.07. The van der Waals surface area contributed by atoms with Crippen molar-refractivity contribution in [2.75, 3.05) is 25.2 Å². The fourth-order valence-corrected chi connectivity index (χ4v) is 2.54. The van der Waals surface area contributed by atoms with Crippen LogP contribution in [0.4, 0.5) is 10.1 Å². The Morgan fingerprint density at radius 3 is 2.88 bits per heavy atom. The smallest absolute Gasteiger partial charge is 0.129 e. The molecule has 0 aliphatic rings. The highest BCUT2D eigenvalue weighted by Gasteiger charge is 2.09. The molecule has 0 radical (unpaired) electrons. The van der Waals surface area contributed by atoms with Crippen molar-refractivity contribution in [1.29, 1.82) is 0 Å². The first-order valence-electron chi connectivity index (χ1n) is 5.02. The molecule has 16 heavy (non-hydrogen) atoms. The van der Waals surface area contributed by atoms with E-state index in [0.29, 0.717) is 30.0 Å². The van der Waals surface area contributed by atoms with Crippen molar-refractivity contribution in [2.45, 2.75) is 12.2 Å². The number of halogens is 1. The lowest BCUT2D eigenvalue weighted by Gasteiger charge is -2.06. The van der Waals surface area contributed by atoms with Gasteiger partial charge in [0.05, 0.1) is 5.75 Å². The Labute approximate surface area is 97.2 Å².